The highest BCUT2D eigenvalue weighted by molar-refractivity contribution is 6.30. The van der Waals surface area contributed by atoms with Gasteiger partial charge >= 0.3 is 6.03 Å². The van der Waals surface area contributed by atoms with E-state index in [4.69, 9.17) is 16.3 Å². The molecule has 2 aromatic rings. The molecule has 0 atom stereocenters. The van der Waals surface area contributed by atoms with Gasteiger partial charge in [-0.25, -0.2) is 14.2 Å². The molecule has 9 heteroatoms. The summed E-state index contributed by atoms with van der Waals surface area (Å²) >= 11 is 5.92. The molecule has 0 aromatic heterocycles. The minimum absolute atomic E-state index is 0.145. The maximum Gasteiger partial charge on any atom is 0.321 e. The maximum absolute atomic E-state index is 14.3. The largest absolute Gasteiger partial charge is 0.488 e. The molecule has 0 saturated heterocycles. The van der Waals surface area contributed by atoms with Gasteiger partial charge in [-0.2, -0.15) is 0 Å². The minimum Gasteiger partial charge on any atom is -0.488 e. The van der Waals surface area contributed by atoms with Crippen molar-refractivity contribution < 1.29 is 13.9 Å². The molecule has 31 heavy (non-hydrogen) atoms. The van der Waals surface area contributed by atoms with Crippen LogP contribution < -0.4 is 26.0 Å². The monoisotopic (exact) mass is 449 g/mol. The summed E-state index contributed by atoms with van der Waals surface area (Å²) in [7, 11) is 1.85. The predicted molar refractivity (Wildman–Crippen MR) is 123 cm³/mol. The Kier molecular flexibility index (Phi) is 10.1. The van der Waals surface area contributed by atoms with Crippen LogP contribution in [-0.4, -0.2) is 38.2 Å². The van der Waals surface area contributed by atoms with E-state index in [0.29, 0.717) is 23.8 Å². The van der Waals surface area contributed by atoms with Crippen molar-refractivity contribution >= 4 is 29.3 Å². The number of hydrogen-bond acceptors (Lipinski definition) is 4. The van der Waals surface area contributed by atoms with E-state index < -0.39 is 11.8 Å². The Bertz CT molecular complexity index is 875. The summed E-state index contributed by atoms with van der Waals surface area (Å²) in [6, 6.07) is 11.3. The Morgan fingerprint density at radius 2 is 1.87 bits per heavy atom. The number of carbonyl (C=O) groups excluding carboxylic acids is 1. The molecule has 0 heterocycles. The molecule has 2 amide bonds. The Balaban J connectivity index is 2.12. The number of carbonyl (C=O) groups is 1. The summed E-state index contributed by atoms with van der Waals surface area (Å²) < 4.78 is 19.7. The summed E-state index contributed by atoms with van der Waals surface area (Å²) in [6.45, 7) is 5.34. The van der Waals surface area contributed by atoms with Crippen LogP contribution >= 0.6 is 11.6 Å². The fourth-order valence-electron chi connectivity index (χ4n) is 2.56. The molecule has 2 aromatic carbocycles. The molecule has 0 unspecified atom stereocenters. The zero-order chi connectivity index (χ0) is 22.6. The van der Waals surface area contributed by atoms with Crippen molar-refractivity contribution in [2.24, 2.45) is 4.99 Å². The van der Waals surface area contributed by atoms with Gasteiger partial charge in [-0.15, -0.1) is 0 Å². The van der Waals surface area contributed by atoms with Crippen molar-refractivity contribution in [1.29, 1.82) is 0 Å². The van der Waals surface area contributed by atoms with Crippen LogP contribution in [0.1, 0.15) is 25.8 Å². The smallest absolute Gasteiger partial charge is 0.321 e. The zero-order valence-corrected chi connectivity index (χ0v) is 18.7. The van der Waals surface area contributed by atoms with Gasteiger partial charge in [0.15, 0.2) is 11.6 Å². The topological polar surface area (TPSA) is 86.8 Å². The van der Waals surface area contributed by atoms with Crippen molar-refractivity contribution in [3.8, 4) is 5.75 Å². The predicted octanol–water partition coefficient (Wildman–Crippen LogP) is 3.95. The van der Waals surface area contributed by atoms with Crippen molar-refractivity contribution in [2.45, 2.75) is 32.9 Å². The third-order valence-corrected chi connectivity index (χ3v) is 4.27. The molecule has 4 N–H and O–H groups in total. The summed E-state index contributed by atoms with van der Waals surface area (Å²) in [5, 5.41) is 12.2. The highest BCUT2D eigenvalue weighted by Crippen LogP contribution is 2.24. The Morgan fingerprint density at radius 1 is 1.13 bits per heavy atom. The van der Waals surface area contributed by atoms with Gasteiger partial charge < -0.3 is 20.7 Å². The van der Waals surface area contributed by atoms with E-state index in [-0.39, 0.29) is 17.8 Å². The van der Waals surface area contributed by atoms with E-state index in [1.807, 2.05) is 33.0 Å². The minimum atomic E-state index is -0.525. The number of nitrogens with one attached hydrogen (secondary N) is 4. The van der Waals surface area contributed by atoms with Crippen molar-refractivity contribution in [3.63, 3.8) is 0 Å². The summed E-state index contributed by atoms with van der Waals surface area (Å²) in [6.07, 6.45) is 0.644. The molecule has 0 fully saturated rings. The van der Waals surface area contributed by atoms with E-state index >= 15 is 0 Å². The van der Waals surface area contributed by atoms with Gasteiger partial charge in [0.2, 0.25) is 5.96 Å². The van der Waals surface area contributed by atoms with Gasteiger partial charge in [0.25, 0.3) is 0 Å². The van der Waals surface area contributed by atoms with E-state index in [1.165, 1.54) is 12.1 Å². The first kappa shape index (κ1) is 24.4. The SMILES string of the molecule is CNCCCNC(=O)N/C(=N\c1ccc(OC(C)C)c(F)c1)NCc1ccc(Cl)cc1. The molecule has 0 spiro atoms. The average Bonchev–Trinajstić information content (AvgIpc) is 2.72. The lowest BCUT2D eigenvalue weighted by Crippen LogP contribution is -2.46. The second-order valence-corrected chi connectivity index (χ2v) is 7.50. The quantitative estimate of drug-likeness (QED) is 0.265. The average molecular weight is 450 g/mol. The first-order chi connectivity index (χ1) is 14.9. The van der Waals surface area contributed by atoms with Gasteiger partial charge in [-0.3, -0.25) is 5.32 Å². The number of urea groups is 1. The van der Waals surface area contributed by atoms with E-state index in [0.717, 1.165) is 18.5 Å². The molecular formula is C22H29ClFN5O2. The van der Waals surface area contributed by atoms with Gasteiger partial charge in [0.05, 0.1) is 11.8 Å². The molecule has 0 aliphatic rings. The molecule has 0 bridgehead atoms. The first-order valence-corrected chi connectivity index (χ1v) is 10.5. The van der Waals surface area contributed by atoms with E-state index in [1.54, 1.807) is 18.2 Å². The van der Waals surface area contributed by atoms with E-state index in [2.05, 4.69) is 26.3 Å². The Morgan fingerprint density at radius 3 is 2.52 bits per heavy atom. The lowest BCUT2D eigenvalue weighted by atomic mass is 10.2. The summed E-state index contributed by atoms with van der Waals surface area (Å²) in [5.74, 6) is -0.179. The van der Waals surface area contributed by atoms with Crippen LogP contribution in [0.5, 0.6) is 5.75 Å². The standard InChI is InChI=1S/C22H29ClFN5O2/c1-15(2)31-20-10-9-18(13-19(20)24)28-21(29-22(30)26-12-4-11-25-3)27-14-16-5-7-17(23)8-6-16/h5-10,13,15,25H,4,11-12,14H2,1-3H3,(H3,26,27,28,29,30). The van der Waals surface area contributed by atoms with Gasteiger partial charge in [0.1, 0.15) is 0 Å². The van der Waals surface area contributed by atoms with Crippen molar-refractivity contribution in [2.75, 3.05) is 20.1 Å². The number of halogens is 2. The van der Waals surface area contributed by atoms with Crippen LogP contribution in [0, 0.1) is 5.82 Å². The second-order valence-electron chi connectivity index (χ2n) is 7.06. The number of guanidine groups is 1. The molecule has 7 nitrogen and oxygen atoms in total. The lowest BCUT2D eigenvalue weighted by molar-refractivity contribution is 0.231. The van der Waals surface area contributed by atoms with Crippen LogP contribution in [-0.2, 0) is 6.54 Å². The molecule has 168 valence electrons. The van der Waals surface area contributed by atoms with Crippen molar-refractivity contribution in [1.82, 2.24) is 21.3 Å². The molecule has 2 rings (SSSR count). The molecular weight excluding hydrogens is 421 g/mol. The molecule has 0 aliphatic carbocycles. The maximum atomic E-state index is 14.3. The molecule has 0 saturated carbocycles. The van der Waals surface area contributed by atoms with Gasteiger partial charge in [0, 0.05) is 24.2 Å². The van der Waals surface area contributed by atoms with E-state index in [9.17, 15) is 9.18 Å². The lowest BCUT2D eigenvalue weighted by Gasteiger charge is -2.14. The molecule has 0 aliphatic heterocycles. The second kappa shape index (κ2) is 12.8. The zero-order valence-electron chi connectivity index (χ0n) is 18.0. The highest BCUT2D eigenvalue weighted by atomic mass is 35.5. The highest BCUT2D eigenvalue weighted by Gasteiger charge is 2.09. The van der Waals surface area contributed by atoms with Gasteiger partial charge in [-0.1, -0.05) is 23.7 Å². The number of aliphatic imine (C=N–C) groups is 1. The number of hydrogen-bond donors (Lipinski definition) is 4. The summed E-state index contributed by atoms with van der Waals surface area (Å²) in [4.78, 5) is 16.6. The number of benzene rings is 2. The van der Waals surface area contributed by atoms with Gasteiger partial charge in [-0.05, 0) is 63.7 Å². The third-order valence-electron chi connectivity index (χ3n) is 4.01. The first-order valence-electron chi connectivity index (χ1n) is 10.1. The fourth-order valence-corrected chi connectivity index (χ4v) is 2.68. The van der Waals surface area contributed by atoms with Crippen LogP contribution in [0.4, 0.5) is 14.9 Å². The molecule has 0 radical (unpaired) electrons. The third kappa shape index (κ3) is 9.23. The van der Waals surface area contributed by atoms with Crippen LogP contribution in [0.3, 0.4) is 0 Å². The Hall–Kier alpha value is -2.84. The normalized spacial score (nSPS) is 11.4. The Labute approximate surface area is 187 Å². The number of ether oxygens (including phenoxy) is 1. The number of nitrogens with zero attached hydrogens (tertiary/aromatic N) is 1. The van der Waals surface area contributed by atoms with Crippen molar-refractivity contribution in [3.05, 3.63) is 58.9 Å². The van der Waals surface area contributed by atoms with Crippen LogP contribution in [0.15, 0.2) is 47.5 Å². The summed E-state index contributed by atoms with van der Waals surface area (Å²) in [5.41, 5.74) is 1.28. The fraction of sp³-hybridized carbons (Fsp3) is 0.364. The van der Waals surface area contributed by atoms with Crippen LogP contribution in [0.2, 0.25) is 5.02 Å². The number of rotatable bonds is 9. The van der Waals surface area contributed by atoms with Crippen LogP contribution in [0.25, 0.3) is 0 Å². The number of amides is 2.